The van der Waals surface area contributed by atoms with Gasteiger partial charge < -0.3 is 8.98 Å². The average molecular weight is 402 g/mol. The first kappa shape index (κ1) is 17.7. The van der Waals surface area contributed by atoms with Gasteiger partial charge in [0.05, 0.1) is 5.75 Å². The molecule has 2 aromatic heterocycles. The van der Waals surface area contributed by atoms with Crippen molar-refractivity contribution >= 4 is 23.4 Å². The fourth-order valence-corrected chi connectivity index (χ4v) is 3.31. The summed E-state index contributed by atoms with van der Waals surface area (Å²) in [5, 5.41) is 17.8. The van der Waals surface area contributed by atoms with Crippen LogP contribution in [0.1, 0.15) is 5.89 Å². The van der Waals surface area contributed by atoms with Gasteiger partial charge in [0.2, 0.25) is 11.8 Å². The maximum atomic E-state index is 13.1. The summed E-state index contributed by atoms with van der Waals surface area (Å²) >= 11 is 7.31. The van der Waals surface area contributed by atoms with Crippen molar-refractivity contribution < 1.29 is 8.81 Å². The van der Waals surface area contributed by atoms with Crippen LogP contribution in [-0.4, -0.2) is 25.0 Å². The number of hydrogen-bond donors (Lipinski definition) is 0. The summed E-state index contributed by atoms with van der Waals surface area (Å²) in [5.41, 5.74) is 1.60. The van der Waals surface area contributed by atoms with E-state index >= 15 is 0 Å². The molecular formula is C18H13ClFN5OS. The minimum atomic E-state index is -0.289. The molecule has 136 valence electrons. The van der Waals surface area contributed by atoms with Crippen LogP contribution in [0.3, 0.4) is 0 Å². The maximum absolute atomic E-state index is 13.1. The first-order valence-electron chi connectivity index (χ1n) is 7.96. The zero-order chi connectivity index (χ0) is 18.8. The topological polar surface area (TPSA) is 69.6 Å². The summed E-state index contributed by atoms with van der Waals surface area (Å²) in [6, 6.07) is 13.3. The van der Waals surface area contributed by atoms with E-state index in [1.165, 1.54) is 23.9 Å². The molecule has 9 heteroatoms. The van der Waals surface area contributed by atoms with Crippen molar-refractivity contribution in [1.29, 1.82) is 0 Å². The van der Waals surface area contributed by atoms with E-state index in [0.717, 1.165) is 11.1 Å². The third-order valence-electron chi connectivity index (χ3n) is 3.82. The van der Waals surface area contributed by atoms with E-state index in [4.69, 9.17) is 16.0 Å². The number of benzene rings is 2. The number of thioether (sulfide) groups is 1. The molecule has 0 aliphatic heterocycles. The lowest BCUT2D eigenvalue weighted by molar-refractivity contribution is 0.528. The number of rotatable bonds is 5. The van der Waals surface area contributed by atoms with Gasteiger partial charge in [0.15, 0.2) is 11.0 Å². The normalized spacial score (nSPS) is 11.1. The lowest BCUT2D eigenvalue weighted by Crippen LogP contribution is -1.95. The van der Waals surface area contributed by atoms with Crippen LogP contribution in [0, 0.1) is 5.82 Å². The fraction of sp³-hybridized carbons (Fsp3) is 0.111. The Kier molecular flexibility index (Phi) is 4.91. The molecule has 0 aliphatic carbocycles. The SMILES string of the molecule is Cn1c(SCc2nnc(-c3ccc(Cl)cc3)o2)nnc1-c1ccc(F)cc1. The van der Waals surface area contributed by atoms with Crippen LogP contribution in [0.2, 0.25) is 5.02 Å². The van der Waals surface area contributed by atoms with Crippen LogP contribution in [-0.2, 0) is 12.8 Å². The van der Waals surface area contributed by atoms with Gasteiger partial charge in [-0.05, 0) is 48.5 Å². The van der Waals surface area contributed by atoms with E-state index < -0.39 is 0 Å². The molecule has 0 amide bonds. The fourth-order valence-electron chi connectivity index (χ4n) is 2.44. The highest BCUT2D eigenvalue weighted by molar-refractivity contribution is 7.98. The first-order chi connectivity index (χ1) is 13.1. The summed E-state index contributed by atoms with van der Waals surface area (Å²) in [7, 11) is 1.86. The van der Waals surface area contributed by atoms with Crippen LogP contribution >= 0.6 is 23.4 Å². The van der Waals surface area contributed by atoms with E-state index in [2.05, 4.69) is 20.4 Å². The van der Waals surface area contributed by atoms with Crippen molar-refractivity contribution in [2.24, 2.45) is 7.05 Å². The molecule has 0 saturated heterocycles. The van der Waals surface area contributed by atoms with E-state index in [0.29, 0.717) is 33.5 Å². The van der Waals surface area contributed by atoms with E-state index in [1.54, 1.807) is 24.3 Å². The predicted octanol–water partition coefficient (Wildman–Crippen LogP) is 4.62. The molecular weight excluding hydrogens is 389 g/mol. The minimum Gasteiger partial charge on any atom is -0.420 e. The maximum Gasteiger partial charge on any atom is 0.247 e. The van der Waals surface area contributed by atoms with Gasteiger partial charge in [0, 0.05) is 23.2 Å². The smallest absolute Gasteiger partial charge is 0.247 e. The van der Waals surface area contributed by atoms with Crippen LogP contribution in [0.15, 0.2) is 58.1 Å². The Hall–Kier alpha value is -2.71. The minimum absolute atomic E-state index is 0.289. The molecule has 6 nitrogen and oxygen atoms in total. The second kappa shape index (κ2) is 7.50. The molecule has 4 aromatic rings. The molecule has 0 aliphatic rings. The first-order valence-corrected chi connectivity index (χ1v) is 9.33. The van der Waals surface area contributed by atoms with Crippen molar-refractivity contribution in [3.63, 3.8) is 0 Å². The number of hydrogen-bond acceptors (Lipinski definition) is 6. The number of nitrogens with zero attached hydrogens (tertiary/aromatic N) is 5. The van der Waals surface area contributed by atoms with Gasteiger partial charge in [-0.3, -0.25) is 0 Å². The summed E-state index contributed by atoms with van der Waals surface area (Å²) in [4.78, 5) is 0. The Labute approximate surface area is 163 Å². The van der Waals surface area contributed by atoms with Crippen molar-refractivity contribution in [3.05, 3.63) is 65.3 Å². The summed E-state index contributed by atoms with van der Waals surface area (Å²) in [5.74, 6) is 1.74. The van der Waals surface area contributed by atoms with E-state index in [-0.39, 0.29) is 5.82 Å². The molecule has 2 aromatic carbocycles. The van der Waals surface area contributed by atoms with Crippen molar-refractivity contribution in [2.45, 2.75) is 10.9 Å². The summed E-state index contributed by atoms with van der Waals surface area (Å²) in [6.07, 6.45) is 0. The Morgan fingerprint density at radius 2 is 1.67 bits per heavy atom. The standard InChI is InChI=1S/C18H13ClFN5OS/c1-25-16(11-4-8-14(20)9-5-11)22-24-18(25)27-10-15-21-23-17(26-15)12-2-6-13(19)7-3-12/h2-9H,10H2,1H3. The molecule has 2 heterocycles. The van der Waals surface area contributed by atoms with Gasteiger partial charge in [-0.2, -0.15) is 0 Å². The summed E-state index contributed by atoms with van der Waals surface area (Å²) in [6.45, 7) is 0. The lowest BCUT2D eigenvalue weighted by Gasteiger charge is -2.02. The Balaban J connectivity index is 1.46. The molecule has 0 saturated carbocycles. The monoisotopic (exact) mass is 401 g/mol. The van der Waals surface area contributed by atoms with Gasteiger partial charge in [-0.15, -0.1) is 20.4 Å². The van der Waals surface area contributed by atoms with Gasteiger partial charge in [0.1, 0.15) is 5.82 Å². The van der Waals surface area contributed by atoms with Gasteiger partial charge >= 0.3 is 0 Å². The largest absolute Gasteiger partial charge is 0.420 e. The summed E-state index contributed by atoms with van der Waals surface area (Å²) < 4.78 is 20.6. The van der Waals surface area contributed by atoms with Crippen molar-refractivity contribution in [3.8, 4) is 22.8 Å². The van der Waals surface area contributed by atoms with Gasteiger partial charge in [-0.25, -0.2) is 4.39 Å². The zero-order valence-corrected chi connectivity index (χ0v) is 15.7. The Morgan fingerprint density at radius 3 is 2.41 bits per heavy atom. The Bertz CT molecular complexity index is 1060. The molecule has 0 N–H and O–H groups in total. The molecule has 0 atom stereocenters. The molecule has 0 fully saturated rings. The highest BCUT2D eigenvalue weighted by Gasteiger charge is 2.14. The van der Waals surface area contributed by atoms with Gasteiger partial charge in [-0.1, -0.05) is 23.4 Å². The molecule has 0 radical (unpaired) electrons. The van der Waals surface area contributed by atoms with Crippen LogP contribution in [0.4, 0.5) is 4.39 Å². The van der Waals surface area contributed by atoms with E-state index in [1.807, 2.05) is 23.7 Å². The number of halogens is 2. The molecule has 0 spiro atoms. The van der Waals surface area contributed by atoms with Crippen LogP contribution < -0.4 is 0 Å². The molecule has 27 heavy (non-hydrogen) atoms. The second-order valence-corrected chi connectivity index (χ2v) is 7.05. The molecule has 4 rings (SSSR count). The third kappa shape index (κ3) is 3.86. The molecule has 0 unspecified atom stereocenters. The third-order valence-corrected chi connectivity index (χ3v) is 5.08. The molecule has 0 bridgehead atoms. The van der Waals surface area contributed by atoms with Crippen molar-refractivity contribution in [1.82, 2.24) is 25.0 Å². The Morgan fingerprint density at radius 1 is 0.963 bits per heavy atom. The van der Waals surface area contributed by atoms with Crippen molar-refractivity contribution in [2.75, 3.05) is 0 Å². The number of aromatic nitrogens is 5. The van der Waals surface area contributed by atoms with Crippen LogP contribution in [0.5, 0.6) is 0 Å². The lowest BCUT2D eigenvalue weighted by atomic mass is 10.2. The average Bonchev–Trinajstić information content (AvgIpc) is 3.28. The second-order valence-electron chi connectivity index (χ2n) is 5.67. The van der Waals surface area contributed by atoms with Gasteiger partial charge in [0.25, 0.3) is 0 Å². The highest BCUT2D eigenvalue weighted by atomic mass is 35.5. The quantitative estimate of drug-likeness (QED) is 0.454. The predicted molar refractivity (Wildman–Crippen MR) is 101 cm³/mol. The van der Waals surface area contributed by atoms with E-state index in [9.17, 15) is 4.39 Å². The van der Waals surface area contributed by atoms with Crippen LogP contribution in [0.25, 0.3) is 22.8 Å². The zero-order valence-electron chi connectivity index (χ0n) is 14.1. The highest BCUT2D eigenvalue weighted by Crippen LogP contribution is 2.26.